The maximum Gasteiger partial charge on any atom is 0.323 e. The summed E-state index contributed by atoms with van der Waals surface area (Å²) in [4.78, 5) is 26.1. The number of halogens is 1. The monoisotopic (exact) mass is 521 g/mol. The maximum atomic E-state index is 13.2. The van der Waals surface area contributed by atoms with Crippen molar-refractivity contribution in [3.8, 4) is 5.75 Å². The minimum atomic E-state index is -1.01. The molecule has 0 unspecified atom stereocenters. The van der Waals surface area contributed by atoms with Gasteiger partial charge in [-0.05, 0) is 66.8 Å². The summed E-state index contributed by atoms with van der Waals surface area (Å²) in [5.41, 5.74) is 3.43. The second-order valence-corrected chi connectivity index (χ2v) is 9.98. The molecular weight excluding hydrogens is 494 g/mol. The van der Waals surface area contributed by atoms with Crippen molar-refractivity contribution in [2.24, 2.45) is 0 Å². The van der Waals surface area contributed by atoms with Crippen LogP contribution in [-0.2, 0) is 24.1 Å². The van der Waals surface area contributed by atoms with E-state index < -0.39 is 11.6 Å². The molecule has 5 nitrogen and oxygen atoms in total. The highest BCUT2D eigenvalue weighted by atomic mass is 79.9. The molecule has 1 N–H and O–H groups in total. The zero-order valence-corrected chi connectivity index (χ0v) is 20.8. The average molecular weight is 522 g/mol. The van der Waals surface area contributed by atoms with Gasteiger partial charge in [0.05, 0.1) is 0 Å². The minimum absolute atomic E-state index is 0.264. The number of amides is 1. The van der Waals surface area contributed by atoms with E-state index in [1.54, 1.807) is 6.07 Å². The van der Waals surface area contributed by atoms with E-state index in [1.807, 2.05) is 54.6 Å². The maximum absolute atomic E-state index is 13.2. The van der Waals surface area contributed by atoms with Crippen molar-refractivity contribution in [3.05, 3.63) is 99.5 Å². The quantitative estimate of drug-likeness (QED) is 0.401. The second-order valence-electron chi connectivity index (χ2n) is 9.06. The van der Waals surface area contributed by atoms with E-state index in [0.29, 0.717) is 24.9 Å². The van der Waals surface area contributed by atoms with E-state index in [9.17, 15) is 14.7 Å². The van der Waals surface area contributed by atoms with Crippen molar-refractivity contribution in [3.63, 3.8) is 0 Å². The van der Waals surface area contributed by atoms with E-state index in [0.717, 1.165) is 28.6 Å². The lowest BCUT2D eigenvalue weighted by atomic mass is 9.91. The van der Waals surface area contributed by atoms with E-state index in [-0.39, 0.29) is 12.5 Å². The number of hydrogen-bond donors (Lipinski definition) is 1. The molecule has 0 saturated heterocycles. The SMILES string of the molecule is C[C@]1(Cc2ccc(Br)cc2)Cc2cc(C(=O)N(CCCc3ccccc3)CC(=O)O)ccc2O1. The predicted molar refractivity (Wildman–Crippen MR) is 135 cm³/mol. The van der Waals surface area contributed by atoms with Crippen LogP contribution in [0.25, 0.3) is 0 Å². The zero-order chi connectivity index (χ0) is 24.1. The number of aliphatic carboxylic acids is 1. The Morgan fingerprint density at radius 3 is 2.47 bits per heavy atom. The molecule has 1 atom stereocenters. The number of ether oxygens (including phenoxy) is 1. The van der Waals surface area contributed by atoms with Crippen LogP contribution in [0.15, 0.2) is 77.3 Å². The number of carbonyl (C=O) groups excluding carboxylic acids is 1. The summed E-state index contributed by atoms with van der Waals surface area (Å²) in [5, 5.41) is 9.36. The summed E-state index contributed by atoms with van der Waals surface area (Å²) >= 11 is 3.47. The molecule has 1 heterocycles. The lowest BCUT2D eigenvalue weighted by Gasteiger charge is -2.24. The van der Waals surface area contributed by atoms with Crippen LogP contribution in [0, 0.1) is 0 Å². The van der Waals surface area contributed by atoms with Gasteiger partial charge in [0.15, 0.2) is 0 Å². The Morgan fingerprint density at radius 1 is 1.03 bits per heavy atom. The molecule has 34 heavy (non-hydrogen) atoms. The Hall–Kier alpha value is -3.12. The van der Waals surface area contributed by atoms with Gasteiger partial charge in [0.25, 0.3) is 5.91 Å². The Bertz CT molecular complexity index is 1160. The number of carbonyl (C=O) groups is 2. The van der Waals surface area contributed by atoms with Gasteiger partial charge < -0.3 is 14.7 Å². The summed E-state index contributed by atoms with van der Waals surface area (Å²) in [6, 6.07) is 23.6. The number of nitrogens with zero attached hydrogens (tertiary/aromatic N) is 1. The fraction of sp³-hybridized carbons (Fsp3) is 0.286. The van der Waals surface area contributed by atoms with Gasteiger partial charge in [-0.2, -0.15) is 0 Å². The molecule has 0 radical (unpaired) electrons. The van der Waals surface area contributed by atoms with Gasteiger partial charge in [-0.25, -0.2) is 0 Å². The van der Waals surface area contributed by atoms with Gasteiger partial charge in [-0.3, -0.25) is 9.59 Å². The Balaban J connectivity index is 1.44. The number of hydrogen-bond acceptors (Lipinski definition) is 3. The highest BCUT2D eigenvalue weighted by Crippen LogP contribution is 2.37. The van der Waals surface area contributed by atoms with Crippen molar-refractivity contribution in [1.29, 1.82) is 0 Å². The lowest BCUT2D eigenvalue weighted by Crippen LogP contribution is -2.36. The van der Waals surface area contributed by atoms with Gasteiger partial charge in [-0.15, -0.1) is 0 Å². The zero-order valence-electron chi connectivity index (χ0n) is 19.2. The molecule has 1 aliphatic rings. The molecule has 176 valence electrons. The molecule has 1 aliphatic heterocycles. The van der Waals surface area contributed by atoms with Crippen LogP contribution in [0.5, 0.6) is 5.75 Å². The first kappa shape index (κ1) is 24.0. The largest absolute Gasteiger partial charge is 0.487 e. The van der Waals surface area contributed by atoms with Crippen molar-refractivity contribution in [2.75, 3.05) is 13.1 Å². The first-order valence-corrected chi connectivity index (χ1v) is 12.2. The van der Waals surface area contributed by atoms with Gasteiger partial charge in [0.1, 0.15) is 17.9 Å². The molecule has 0 bridgehead atoms. The van der Waals surface area contributed by atoms with Crippen LogP contribution >= 0.6 is 15.9 Å². The van der Waals surface area contributed by atoms with Gasteiger partial charge >= 0.3 is 5.97 Å². The van der Waals surface area contributed by atoms with Gasteiger partial charge in [0, 0.05) is 29.4 Å². The fourth-order valence-corrected chi connectivity index (χ4v) is 4.77. The van der Waals surface area contributed by atoms with Gasteiger partial charge in [-0.1, -0.05) is 58.4 Å². The third-order valence-corrected chi connectivity index (χ3v) is 6.60. The molecule has 0 aliphatic carbocycles. The van der Waals surface area contributed by atoms with Crippen LogP contribution in [0.3, 0.4) is 0 Å². The summed E-state index contributed by atoms with van der Waals surface area (Å²) in [6.07, 6.45) is 2.92. The third kappa shape index (κ3) is 6.06. The van der Waals surface area contributed by atoms with E-state index in [4.69, 9.17) is 4.74 Å². The Morgan fingerprint density at radius 2 is 1.76 bits per heavy atom. The first-order valence-electron chi connectivity index (χ1n) is 11.4. The smallest absolute Gasteiger partial charge is 0.323 e. The molecule has 4 rings (SSSR count). The summed E-state index contributed by atoms with van der Waals surface area (Å²) in [5.74, 6) is -0.496. The van der Waals surface area contributed by atoms with Crippen molar-refractivity contribution >= 4 is 27.8 Å². The number of benzene rings is 3. The molecule has 1 amide bonds. The van der Waals surface area contributed by atoms with Crippen LogP contribution in [0.4, 0.5) is 0 Å². The minimum Gasteiger partial charge on any atom is -0.487 e. The molecule has 0 aromatic heterocycles. The molecule has 0 saturated carbocycles. The fourth-order valence-electron chi connectivity index (χ4n) is 4.50. The van der Waals surface area contributed by atoms with E-state index >= 15 is 0 Å². The van der Waals surface area contributed by atoms with Crippen LogP contribution in [0.2, 0.25) is 0 Å². The number of carboxylic acid groups (broad SMARTS) is 1. The summed E-state index contributed by atoms with van der Waals surface area (Å²) in [7, 11) is 0. The highest BCUT2D eigenvalue weighted by molar-refractivity contribution is 9.10. The second kappa shape index (κ2) is 10.4. The van der Waals surface area contributed by atoms with Crippen LogP contribution in [0.1, 0.15) is 40.4 Å². The molecule has 3 aromatic carbocycles. The molecular formula is C28H28BrNO4. The summed E-state index contributed by atoms with van der Waals surface area (Å²) in [6.45, 7) is 2.15. The summed E-state index contributed by atoms with van der Waals surface area (Å²) < 4.78 is 7.31. The van der Waals surface area contributed by atoms with Crippen molar-refractivity contribution in [2.45, 2.75) is 38.2 Å². The van der Waals surface area contributed by atoms with E-state index in [2.05, 4.69) is 35.0 Å². The predicted octanol–water partition coefficient (Wildman–Crippen LogP) is 5.55. The third-order valence-electron chi connectivity index (χ3n) is 6.07. The number of fused-ring (bicyclic) bond motifs is 1. The Labute approximate surface area is 208 Å². The van der Waals surface area contributed by atoms with Crippen molar-refractivity contribution < 1.29 is 19.4 Å². The Kier molecular flexibility index (Phi) is 7.37. The molecule has 3 aromatic rings. The average Bonchev–Trinajstić information content (AvgIpc) is 3.15. The van der Waals surface area contributed by atoms with Gasteiger partial charge in [0.2, 0.25) is 0 Å². The molecule has 0 fully saturated rings. The topological polar surface area (TPSA) is 66.8 Å². The van der Waals surface area contributed by atoms with Crippen LogP contribution in [-0.4, -0.2) is 40.6 Å². The van der Waals surface area contributed by atoms with Crippen molar-refractivity contribution in [1.82, 2.24) is 4.90 Å². The molecule has 0 spiro atoms. The number of carboxylic acids is 1. The van der Waals surface area contributed by atoms with Crippen LogP contribution < -0.4 is 4.74 Å². The molecule has 6 heteroatoms. The van der Waals surface area contributed by atoms with E-state index in [1.165, 1.54) is 16.0 Å². The standard InChI is InChI=1S/C28H28BrNO4/c1-28(17-21-9-12-24(29)13-10-21)18-23-16-22(11-14-25(23)34-28)27(33)30(19-26(31)32)15-5-8-20-6-3-2-4-7-20/h2-4,6-7,9-14,16H,5,8,15,17-19H2,1H3,(H,31,32)/t28-/m0/s1. The normalized spacial score (nSPS) is 16.5. The highest BCUT2D eigenvalue weighted by Gasteiger charge is 2.35. The lowest BCUT2D eigenvalue weighted by molar-refractivity contribution is -0.137. The number of rotatable bonds is 9. The number of aryl methyl sites for hydroxylation is 1. The first-order chi connectivity index (χ1) is 16.3.